The molecule has 4 rings (SSSR count). The van der Waals surface area contributed by atoms with Crippen molar-refractivity contribution in [3.05, 3.63) is 81.8 Å². The molecule has 0 bridgehead atoms. The number of benzene rings is 2. The molecule has 1 aromatic heterocycles. The summed E-state index contributed by atoms with van der Waals surface area (Å²) in [5, 5.41) is 4.85. The molecule has 0 unspecified atom stereocenters. The van der Waals surface area contributed by atoms with E-state index in [1.807, 2.05) is 18.2 Å². The van der Waals surface area contributed by atoms with E-state index in [4.69, 9.17) is 23.2 Å². The van der Waals surface area contributed by atoms with E-state index in [9.17, 15) is 14.0 Å². The van der Waals surface area contributed by atoms with Gasteiger partial charge in [0, 0.05) is 32.4 Å². The van der Waals surface area contributed by atoms with Crippen LogP contribution in [0.2, 0.25) is 10.0 Å². The molecule has 2 aromatic carbocycles. The van der Waals surface area contributed by atoms with Gasteiger partial charge in [0.2, 0.25) is 0 Å². The predicted molar refractivity (Wildman–Crippen MR) is 112 cm³/mol. The van der Waals surface area contributed by atoms with Crippen LogP contribution in [-0.2, 0) is 0 Å². The van der Waals surface area contributed by atoms with Crippen LogP contribution in [0.5, 0.6) is 0 Å². The summed E-state index contributed by atoms with van der Waals surface area (Å²) in [4.78, 5) is 28.8. The third-order valence-electron chi connectivity index (χ3n) is 4.94. The second kappa shape index (κ2) is 8.45. The van der Waals surface area contributed by atoms with Crippen molar-refractivity contribution in [3.63, 3.8) is 0 Å². The van der Waals surface area contributed by atoms with Gasteiger partial charge in [-0.05, 0) is 30.3 Å². The van der Waals surface area contributed by atoms with E-state index < -0.39 is 5.82 Å². The summed E-state index contributed by atoms with van der Waals surface area (Å²) < 4.78 is 14.8. The van der Waals surface area contributed by atoms with Gasteiger partial charge in [0.1, 0.15) is 5.82 Å². The molecule has 0 saturated carbocycles. The Morgan fingerprint density at radius 1 is 0.900 bits per heavy atom. The van der Waals surface area contributed by atoms with Gasteiger partial charge in [-0.15, -0.1) is 0 Å². The van der Waals surface area contributed by atoms with Crippen LogP contribution >= 0.6 is 23.2 Å². The maximum Gasteiger partial charge on any atom is 0.257 e. The van der Waals surface area contributed by atoms with E-state index in [0.717, 1.165) is 6.07 Å². The highest BCUT2D eigenvalue weighted by Crippen LogP contribution is 2.21. The van der Waals surface area contributed by atoms with E-state index in [0.29, 0.717) is 42.5 Å². The normalized spacial score (nSPS) is 14.1. The van der Waals surface area contributed by atoms with Crippen LogP contribution in [-0.4, -0.2) is 57.6 Å². The molecule has 1 aliphatic rings. The first-order chi connectivity index (χ1) is 14.4. The first kappa shape index (κ1) is 20.4. The molecular formula is C21H17Cl2FN4O2. The fraction of sp³-hybridized carbons (Fsp3) is 0.190. The van der Waals surface area contributed by atoms with Crippen molar-refractivity contribution in [1.29, 1.82) is 0 Å². The lowest BCUT2D eigenvalue weighted by atomic mass is 10.1. The summed E-state index contributed by atoms with van der Waals surface area (Å²) in [5.74, 6) is -0.942. The van der Waals surface area contributed by atoms with Crippen LogP contribution in [0.15, 0.2) is 54.9 Å². The van der Waals surface area contributed by atoms with E-state index in [1.54, 1.807) is 26.7 Å². The molecule has 2 amide bonds. The molecule has 1 aliphatic heterocycles. The number of hydrogen-bond donors (Lipinski definition) is 0. The van der Waals surface area contributed by atoms with Crippen LogP contribution < -0.4 is 0 Å². The highest BCUT2D eigenvalue weighted by molar-refractivity contribution is 6.33. The topological polar surface area (TPSA) is 58.4 Å². The van der Waals surface area contributed by atoms with Crippen LogP contribution in [0.4, 0.5) is 4.39 Å². The Labute approximate surface area is 182 Å². The predicted octanol–water partition coefficient (Wildman–Crippen LogP) is 3.92. The summed E-state index contributed by atoms with van der Waals surface area (Å²) in [5.41, 5.74) is 1.37. The Balaban J connectivity index is 1.41. The summed E-state index contributed by atoms with van der Waals surface area (Å²) in [6, 6.07) is 10.9. The van der Waals surface area contributed by atoms with Crippen molar-refractivity contribution in [2.24, 2.45) is 0 Å². The van der Waals surface area contributed by atoms with Crippen molar-refractivity contribution in [2.45, 2.75) is 0 Å². The van der Waals surface area contributed by atoms with Gasteiger partial charge in [-0.2, -0.15) is 5.10 Å². The van der Waals surface area contributed by atoms with E-state index in [-0.39, 0.29) is 22.4 Å². The molecule has 1 saturated heterocycles. The number of piperazine rings is 1. The number of hydrogen-bond acceptors (Lipinski definition) is 3. The van der Waals surface area contributed by atoms with Crippen LogP contribution in [0.3, 0.4) is 0 Å². The van der Waals surface area contributed by atoms with Gasteiger partial charge in [-0.25, -0.2) is 9.07 Å². The SMILES string of the molecule is O=C(c1cnn(-c2ccccc2Cl)c1)N1CCN(C(=O)c2ccc(F)cc2Cl)CC1. The summed E-state index contributed by atoms with van der Waals surface area (Å²) in [6.07, 6.45) is 3.14. The van der Waals surface area contributed by atoms with Crippen LogP contribution in [0.25, 0.3) is 5.69 Å². The van der Waals surface area contributed by atoms with Crippen molar-refractivity contribution in [2.75, 3.05) is 26.2 Å². The molecule has 6 nitrogen and oxygen atoms in total. The number of nitrogens with zero attached hydrogens (tertiary/aromatic N) is 4. The van der Waals surface area contributed by atoms with Crippen molar-refractivity contribution in [3.8, 4) is 5.69 Å². The molecule has 0 aliphatic carbocycles. The first-order valence-corrected chi connectivity index (χ1v) is 10.0. The zero-order valence-corrected chi connectivity index (χ0v) is 17.3. The number of carbonyl (C=O) groups excluding carboxylic acids is 2. The lowest BCUT2D eigenvalue weighted by molar-refractivity contribution is 0.0535. The summed E-state index contributed by atoms with van der Waals surface area (Å²) in [6.45, 7) is 1.47. The van der Waals surface area contributed by atoms with Gasteiger partial charge in [-0.3, -0.25) is 9.59 Å². The van der Waals surface area contributed by atoms with Gasteiger partial charge in [0.05, 0.1) is 33.1 Å². The Morgan fingerprint density at radius 3 is 2.23 bits per heavy atom. The molecule has 2 heterocycles. The number of halogens is 3. The lowest BCUT2D eigenvalue weighted by Gasteiger charge is -2.34. The van der Waals surface area contributed by atoms with Crippen molar-refractivity contribution >= 4 is 35.0 Å². The minimum Gasteiger partial charge on any atom is -0.335 e. The molecular weight excluding hydrogens is 430 g/mol. The summed E-state index contributed by atoms with van der Waals surface area (Å²) >= 11 is 12.2. The number of para-hydroxylation sites is 1. The second-order valence-electron chi connectivity index (χ2n) is 6.83. The van der Waals surface area contributed by atoms with Crippen LogP contribution in [0.1, 0.15) is 20.7 Å². The standard InChI is InChI=1S/C21H17Cl2FN4O2/c22-17-3-1-2-4-19(17)28-13-14(12-25-28)20(29)26-7-9-27(10-8-26)21(30)16-6-5-15(24)11-18(16)23/h1-6,11-13H,7-10H2. The zero-order chi connectivity index (χ0) is 21.3. The minimum atomic E-state index is -0.496. The van der Waals surface area contributed by atoms with E-state index >= 15 is 0 Å². The molecule has 9 heteroatoms. The average Bonchev–Trinajstić information content (AvgIpc) is 3.23. The second-order valence-corrected chi connectivity index (χ2v) is 7.65. The fourth-order valence-corrected chi connectivity index (χ4v) is 3.80. The van der Waals surface area contributed by atoms with Gasteiger partial charge in [0.25, 0.3) is 11.8 Å². The largest absolute Gasteiger partial charge is 0.335 e. The molecule has 154 valence electrons. The number of carbonyl (C=O) groups is 2. The average molecular weight is 447 g/mol. The van der Waals surface area contributed by atoms with E-state index in [2.05, 4.69) is 5.10 Å². The van der Waals surface area contributed by atoms with Gasteiger partial charge >= 0.3 is 0 Å². The van der Waals surface area contributed by atoms with Gasteiger partial charge < -0.3 is 9.80 Å². The lowest BCUT2D eigenvalue weighted by Crippen LogP contribution is -2.50. The fourth-order valence-electron chi connectivity index (χ4n) is 3.33. The highest BCUT2D eigenvalue weighted by Gasteiger charge is 2.27. The monoisotopic (exact) mass is 446 g/mol. The maximum absolute atomic E-state index is 13.2. The highest BCUT2D eigenvalue weighted by atomic mass is 35.5. The Bertz CT molecular complexity index is 1110. The molecule has 1 fully saturated rings. The molecule has 30 heavy (non-hydrogen) atoms. The van der Waals surface area contributed by atoms with E-state index in [1.165, 1.54) is 18.3 Å². The van der Waals surface area contributed by atoms with Crippen molar-refractivity contribution < 1.29 is 14.0 Å². The van der Waals surface area contributed by atoms with Crippen LogP contribution in [0, 0.1) is 5.82 Å². The quantitative estimate of drug-likeness (QED) is 0.612. The number of amides is 2. The third kappa shape index (κ3) is 4.04. The van der Waals surface area contributed by atoms with Crippen molar-refractivity contribution in [1.82, 2.24) is 19.6 Å². The molecule has 3 aromatic rings. The third-order valence-corrected chi connectivity index (χ3v) is 5.58. The van der Waals surface area contributed by atoms with Gasteiger partial charge in [-0.1, -0.05) is 35.3 Å². The maximum atomic E-state index is 13.2. The summed E-state index contributed by atoms with van der Waals surface area (Å²) in [7, 11) is 0. The van der Waals surface area contributed by atoms with Gasteiger partial charge in [0.15, 0.2) is 0 Å². The Kier molecular flexibility index (Phi) is 5.74. The number of rotatable bonds is 3. The minimum absolute atomic E-state index is 0.0745. The molecule has 0 radical (unpaired) electrons. The molecule has 0 N–H and O–H groups in total. The molecule has 0 spiro atoms. The first-order valence-electron chi connectivity index (χ1n) is 9.27. The zero-order valence-electron chi connectivity index (χ0n) is 15.8. The Hall–Kier alpha value is -2.90. The molecule has 0 atom stereocenters. The Morgan fingerprint density at radius 2 is 1.57 bits per heavy atom. The number of aromatic nitrogens is 2. The smallest absolute Gasteiger partial charge is 0.257 e.